The molecule has 1 spiro atoms. The maximum absolute atomic E-state index is 2.94. The molecule has 5 aliphatic rings. The van der Waals surface area contributed by atoms with Gasteiger partial charge >= 0.3 is 0 Å². The zero-order chi connectivity index (χ0) is 39.4. The Morgan fingerprint density at radius 3 is 2.09 bits per heavy atom. The second-order valence-electron chi connectivity index (χ2n) is 19.8. The predicted molar refractivity (Wildman–Crippen MR) is 243 cm³/mol. The van der Waals surface area contributed by atoms with Crippen LogP contribution < -0.4 is 0 Å². The van der Waals surface area contributed by atoms with Gasteiger partial charge in [-0.3, -0.25) is 0 Å². The van der Waals surface area contributed by atoms with Gasteiger partial charge in [-0.15, -0.1) is 0 Å². The highest BCUT2D eigenvalue weighted by Gasteiger charge is 2.57. The summed E-state index contributed by atoms with van der Waals surface area (Å²) in [6, 6.07) is 20.4. The lowest BCUT2D eigenvalue weighted by molar-refractivity contribution is 0.210. The van der Waals surface area contributed by atoms with Gasteiger partial charge in [-0.1, -0.05) is 146 Å². The highest BCUT2D eigenvalue weighted by Crippen LogP contribution is 2.68. The maximum Gasteiger partial charge on any atom is 0.0474 e. The zero-order valence-corrected chi connectivity index (χ0v) is 36.7. The molecule has 1 fully saturated rings. The Labute approximate surface area is 340 Å². The quantitative estimate of drug-likeness (QED) is 0.169. The first kappa shape index (κ1) is 37.9. The summed E-state index contributed by atoms with van der Waals surface area (Å²) in [5.41, 5.74) is 24.6. The van der Waals surface area contributed by atoms with Crippen LogP contribution in [-0.2, 0) is 17.3 Å². The number of hydrogen-bond donors (Lipinski definition) is 0. The third-order valence-electron chi connectivity index (χ3n) is 16.0. The summed E-state index contributed by atoms with van der Waals surface area (Å²) in [7, 11) is 0. The first-order valence-corrected chi connectivity index (χ1v) is 23.0. The maximum atomic E-state index is 2.94. The third-order valence-corrected chi connectivity index (χ3v) is 16.0. The largest absolute Gasteiger partial charge is 0.0654 e. The molecule has 0 heteroatoms. The summed E-state index contributed by atoms with van der Waals surface area (Å²) in [6.45, 7) is 26.8. The van der Waals surface area contributed by atoms with E-state index in [4.69, 9.17) is 0 Å². The van der Waals surface area contributed by atoms with E-state index in [1.54, 1.807) is 50.1 Å². The number of hydrogen-bond acceptors (Lipinski definition) is 0. The minimum atomic E-state index is -0.204. The van der Waals surface area contributed by atoms with Crippen molar-refractivity contribution in [2.45, 2.75) is 157 Å². The van der Waals surface area contributed by atoms with Crippen LogP contribution in [0.15, 0.2) is 71.8 Å². The number of allylic oxidation sites excluding steroid dienone is 6. The molecule has 2 atom stereocenters. The normalized spacial score (nSPS) is 22.3. The number of fused-ring (bicyclic) bond motifs is 12. The molecule has 56 heavy (non-hydrogen) atoms. The highest BCUT2D eigenvalue weighted by molar-refractivity contribution is 6.11. The van der Waals surface area contributed by atoms with Crippen LogP contribution in [0, 0.1) is 44.4 Å². The highest BCUT2D eigenvalue weighted by atomic mass is 14.6. The Balaban J connectivity index is 1.43. The fourth-order valence-corrected chi connectivity index (χ4v) is 13.6. The molecule has 4 aromatic carbocycles. The molecule has 0 bridgehead atoms. The lowest BCUT2D eigenvalue weighted by Gasteiger charge is -2.50. The molecular weight excluding hydrogens is 673 g/mol. The van der Waals surface area contributed by atoms with Crippen LogP contribution in [0.25, 0.3) is 33.0 Å². The summed E-state index contributed by atoms with van der Waals surface area (Å²) in [4.78, 5) is 0. The molecule has 0 nitrogen and oxygen atoms in total. The molecule has 1 saturated carbocycles. The first-order valence-electron chi connectivity index (χ1n) is 23.0. The van der Waals surface area contributed by atoms with Gasteiger partial charge in [-0.25, -0.2) is 0 Å². The number of aryl methyl sites for hydroxylation is 3. The van der Waals surface area contributed by atoms with E-state index < -0.39 is 0 Å². The van der Waals surface area contributed by atoms with Gasteiger partial charge in [-0.2, -0.15) is 0 Å². The van der Waals surface area contributed by atoms with Crippen LogP contribution in [0.3, 0.4) is 0 Å². The van der Waals surface area contributed by atoms with Gasteiger partial charge in [0.05, 0.1) is 0 Å². The topological polar surface area (TPSA) is 0 Å². The molecule has 0 aromatic heterocycles. The van der Waals surface area contributed by atoms with Crippen LogP contribution >= 0.6 is 0 Å². The second-order valence-corrected chi connectivity index (χ2v) is 19.8. The standard InChI is InChI=1S/C56H68/c1-12-36(13-2)41-30-43(37(14-3)15-4)51(38-19-17-16-18-20-38)56(31-41)48-24-23-42-45-29-40-22-21-39(32(5)6)28-44(40)52(45)55(10,11)54(42)50(48)47-27-35(9)49-34(8)25-33(7)26-46(49)53(47)56/h21-28,30-32,36-38,51H,12-20,29H2,1-11H3. The van der Waals surface area contributed by atoms with E-state index >= 15 is 0 Å². The summed E-state index contributed by atoms with van der Waals surface area (Å²) < 4.78 is 0. The molecule has 0 radical (unpaired) electrons. The van der Waals surface area contributed by atoms with E-state index in [1.165, 1.54) is 108 Å². The van der Waals surface area contributed by atoms with E-state index in [0.29, 0.717) is 29.6 Å². The predicted octanol–water partition coefficient (Wildman–Crippen LogP) is 15.8. The van der Waals surface area contributed by atoms with Gasteiger partial charge in [0.1, 0.15) is 0 Å². The molecule has 0 saturated heterocycles. The fourth-order valence-electron chi connectivity index (χ4n) is 13.6. The Hall–Kier alpha value is -3.64. The van der Waals surface area contributed by atoms with Gasteiger partial charge in [0, 0.05) is 16.7 Å². The fraction of sp³-hybridized carbons (Fsp3) is 0.500. The molecule has 2 unspecified atom stereocenters. The van der Waals surface area contributed by atoms with Crippen LogP contribution in [-0.4, -0.2) is 0 Å². The van der Waals surface area contributed by atoms with Gasteiger partial charge in [-0.05, 0) is 178 Å². The molecule has 0 aliphatic heterocycles. The van der Waals surface area contributed by atoms with Crippen LogP contribution in [0.1, 0.15) is 175 Å². The molecule has 4 aromatic rings. The Morgan fingerprint density at radius 1 is 0.714 bits per heavy atom. The average molecular weight is 741 g/mol. The minimum Gasteiger partial charge on any atom is -0.0654 e. The van der Waals surface area contributed by atoms with Crippen molar-refractivity contribution in [1.29, 1.82) is 0 Å². The summed E-state index contributed by atoms with van der Waals surface area (Å²) in [5.74, 6) is 2.84. The van der Waals surface area contributed by atoms with E-state index in [-0.39, 0.29) is 10.8 Å². The molecule has 0 amide bonds. The van der Waals surface area contributed by atoms with E-state index in [0.717, 1.165) is 6.42 Å². The lowest BCUT2D eigenvalue weighted by atomic mass is 9.53. The van der Waals surface area contributed by atoms with Crippen molar-refractivity contribution in [3.63, 3.8) is 0 Å². The van der Waals surface area contributed by atoms with Gasteiger partial charge in [0.25, 0.3) is 0 Å². The molecule has 9 rings (SSSR count). The van der Waals surface area contributed by atoms with Gasteiger partial charge < -0.3 is 0 Å². The van der Waals surface area contributed by atoms with Crippen LogP contribution in [0.5, 0.6) is 0 Å². The zero-order valence-electron chi connectivity index (χ0n) is 36.7. The van der Waals surface area contributed by atoms with Crippen molar-refractivity contribution in [2.24, 2.45) is 23.7 Å². The molecule has 0 N–H and O–H groups in total. The molecule has 5 aliphatic carbocycles. The minimum absolute atomic E-state index is 0.101. The summed E-state index contributed by atoms with van der Waals surface area (Å²) in [6.07, 6.45) is 18.5. The Bertz CT molecular complexity index is 2350. The molecular formula is C56H68. The molecule has 0 heterocycles. The van der Waals surface area contributed by atoms with Crippen molar-refractivity contribution >= 4 is 21.9 Å². The third kappa shape index (κ3) is 5.22. The van der Waals surface area contributed by atoms with E-state index in [9.17, 15) is 0 Å². The molecule has 292 valence electrons. The van der Waals surface area contributed by atoms with Gasteiger partial charge in [0.2, 0.25) is 0 Å². The second kappa shape index (κ2) is 13.7. The number of benzene rings is 4. The van der Waals surface area contributed by atoms with Crippen LogP contribution in [0.4, 0.5) is 0 Å². The Kier molecular flexibility index (Phi) is 9.30. The smallest absolute Gasteiger partial charge is 0.0474 e. The van der Waals surface area contributed by atoms with Crippen molar-refractivity contribution in [1.82, 2.24) is 0 Å². The Morgan fingerprint density at radius 2 is 1.41 bits per heavy atom. The SMILES string of the molecule is CCC(CC)C1=CC2(c3ccc4c(c3-c3cc(C)c5c(C)cc(C)cc5c32)C(C)(C)C2=C4Cc3ccc(C(C)C)cc32)C(C2CCCCC2)C(C(CC)CC)=C1. The van der Waals surface area contributed by atoms with E-state index in [2.05, 4.69) is 137 Å². The van der Waals surface area contributed by atoms with E-state index in [1.807, 2.05) is 0 Å². The summed E-state index contributed by atoms with van der Waals surface area (Å²) >= 11 is 0. The van der Waals surface area contributed by atoms with Crippen molar-refractivity contribution in [2.75, 3.05) is 0 Å². The van der Waals surface area contributed by atoms with Crippen LogP contribution in [0.2, 0.25) is 0 Å². The lowest BCUT2D eigenvalue weighted by Crippen LogP contribution is -2.43. The van der Waals surface area contributed by atoms with Gasteiger partial charge in [0.15, 0.2) is 0 Å². The summed E-state index contributed by atoms with van der Waals surface area (Å²) in [5, 5.41) is 3.02. The van der Waals surface area contributed by atoms with Crippen molar-refractivity contribution < 1.29 is 0 Å². The van der Waals surface area contributed by atoms with Crippen molar-refractivity contribution in [3.05, 3.63) is 127 Å². The first-order chi connectivity index (χ1) is 26.9. The average Bonchev–Trinajstić information content (AvgIpc) is 3.76. The monoisotopic (exact) mass is 741 g/mol. The van der Waals surface area contributed by atoms with Crippen molar-refractivity contribution in [3.8, 4) is 11.1 Å². The number of rotatable bonds is 8.